The number of hydrogen-bond acceptors (Lipinski definition) is 3. The molecule has 0 radical (unpaired) electrons. The van der Waals surface area contributed by atoms with Crippen LogP contribution in [0.5, 0.6) is 0 Å². The molecule has 0 aromatic carbocycles. The van der Waals surface area contributed by atoms with E-state index in [1.807, 2.05) is 11.9 Å². The summed E-state index contributed by atoms with van der Waals surface area (Å²) in [5, 5.41) is 9.36. The molecule has 3 nitrogen and oxygen atoms in total. The number of rotatable bonds is 1. The van der Waals surface area contributed by atoms with Gasteiger partial charge < -0.3 is 5.11 Å². The highest BCUT2D eigenvalue weighted by molar-refractivity contribution is 4.71. The molecule has 0 aromatic rings. The second kappa shape index (κ2) is 3.32. The maximum atomic E-state index is 9.36. The molecule has 0 aromatic heterocycles. The fourth-order valence-electron chi connectivity index (χ4n) is 1.20. The molecule has 0 spiro atoms. The molecule has 1 aliphatic rings. The van der Waals surface area contributed by atoms with Crippen molar-refractivity contribution in [3.05, 3.63) is 0 Å². The van der Waals surface area contributed by atoms with Crippen molar-refractivity contribution in [2.75, 3.05) is 33.2 Å². The van der Waals surface area contributed by atoms with E-state index in [1.165, 1.54) is 0 Å². The van der Waals surface area contributed by atoms with Gasteiger partial charge in [-0.3, -0.25) is 9.80 Å². The maximum absolute atomic E-state index is 9.36. The third-order valence-electron chi connectivity index (χ3n) is 2.15. The molecule has 3 heteroatoms. The zero-order valence-corrected chi connectivity index (χ0v) is 6.75. The third-order valence-corrected chi connectivity index (χ3v) is 2.15. The number of piperazine rings is 1. The van der Waals surface area contributed by atoms with E-state index in [1.54, 1.807) is 0 Å². The van der Waals surface area contributed by atoms with Crippen molar-refractivity contribution >= 4 is 0 Å². The molecule has 1 aliphatic heterocycles. The van der Waals surface area contributed by atoms with E-state index < -0.39 is 0 Å². The van der Waals surface area contributed by atoms with Gasteiger partial charge in [0.15, 0.2) is 0 Å². The number of β-amino-alcohol motifs (C(OH)–C–C–N with tert-alkyl or cyclic N) is 1. The molecule has 1 rings (SSSR count). The predicted octanol–water partition coefficient (Wildman–Crippen LogP) is -0.428. The van der Waals surface area contributed by atoms with Gasteiger partial charge in [0.2, 0.25) is 0 Å². The van der Waals surface area contributed by atoms with Crippen LogP contribution in [0.3, 0.4) is 0 Å². The van der Waals surface area contributed by atoms with Gasteiger partial charge in [0.25, 0.3) is 0 Å². The summed E-state index contributed by atoms with van der Waals surface area (Å²) in [6, 6.07) is 0. The van der Waals surface area contributed by atoms with Crippen molar-refractivity contribution in [2.24, 2.45) is 0 Å². The Bertz CT molecular complexity index is 108. The molecule has 0 amide bonds. The molecule has 1 N–H and O–H groups in total. The molecule has 1 unspecified atom stereocenters. The van der Waals surface area contributed by atoms with Crippen LogP contribution in [0, 0.1) is 0 Å². The van der Waals surface area contributed by atoms with Gasteiger partial charge in [0.05, 0.1) is 0 Å². The highest BCUT2D eigenvalue weighted by Gasteiger charge is 2.20. The van der Waals surface area contributed by atoms with Gasteiger partial charge >= 0.3 is 0 Å². The van der Waals surface area contributed by atoms with Crippen molar-refractivity contribution in [1.82, 2.24) is 9.80 Å². The first-order valence-corrected chi connectivity index (χ1v) is 3.84. The molecule has 1 atom stereocenters. The fraction of sp³-hybridized carbons (Fsp3) is 1.00. The minimum atomic E-state index is -0.256. The number of hydrogen-bond donors (Lipinski definition) is 1. The number of likely N-dealkylation sites (N-methyl/N-ethyl adjacent to an activating group) is 2. The summed E-state index contributed by atoms with van der Waals surface area (Å²) in [5.41, 5.74) is 0. The lowest BCUT2D eigenvalue weighted by atomic mass is 10.3. The first-order chi connectivity index (χ1) is 4.74. The summed E-state index contributed by atoms with van der Waals surface area (Å²) in [6.45, 7) is 6.04. The standard InChI is InChI=1S/C7H16N2O/c1-3-9-5-4-8(2)7(10)6-9/h7,10H,3-6H2,1-2H3. The number of nitrogens with zero attached hydrogens (tertiary/aromatic N) is 2. The van der Waals surface area contributed by atoms with Crippen molar-refractivity contribution < 1.29 is 5.11 Å². The molecule has 0 bridgehead atoms. The average molecular weight is 144 g/mol. The smallest absolute Gasteiger partial charge is 0.120 e. The summed E-state index contributed by atoms with van der Waals surface area (Å²) in [4.78, 5) is 4.23. The van der Waals surface area contributed by atoms with Crippen molar-refractivity contribution in [3.63, 3.8) is 0 Å². The zero-order chi connectivity index (χ0) is 7.56. The Hall–Kier alpha value is -0.120. The van der Waals surface area contributed by atoms with E-state index in [2.05, 4.69) is 11.8 Å². The molecule has 0 saturated carbocycles. The lowest BCUT2D eigenvalue weighted by molar-refractivity contribution is -0.0393. The Balaban J connectivity index is 2.33. The van der Waals surface area contributed by atoms with E-state index in [4.69, 9.17) is 0 Å². The molecule has 1 saturated heterocycles. The van der Waals surface area contributed by atoms with E-state index in [9.17, 15) is 5.11 Å². The first kappa shape index (κ1) is 7.98. The van der Waals surface area contributed by atoms with Crippen LogP contribution in [-0.4, -0.2) is 54.4 Å². The van der Waals surface area contributed by atoms with Crippen LogP contribution in [0.4, 0.5) is 0 Å². The second-order valence-corrected chi connectivity index (χ2v) is 2.85. The monoisotopic (exact) mass is 144 g/mol. The fourth-order valence-corrected chi connectivity index (χ4v) is 1.20. The van der Waals surface area contributed by atoms with Crippen molar-refractivity contribution in [1.29, 1.82) is 0 Å². The Labute approximate surface area is 62.2 Å². The summed E-state index contributed by atoms with van der Waals surface area (Å²) in [5.74, 6) is 0. The topological polar surface area (TPSA) is 26.7 Å². The first-order valence-electron chi connectivity index (χ1n) is 3.84. The van der Waals surface area contributed by atoms with Gasteiger partial charge in [-0.1, -0.05) is 6.92 Å². The Morgan fingerprint density at radius 1 is 1.50 bits per heavy atom. The number of aliphatic hydroxyl groups excluding tert-OH is 1. The Kier molecular flexibility index (Phi) is 2.65. The van der Waals surface area contributed by atoms with Crippen LogP contribution >= 0.6 is 0 Å². The SMILES string of the molecule is CCN1CCN(C)C(O)C1. The van der Waals surface area contributed by atoms with Gasteiger partial charge in [-0.05, 0) is 13.6 Å². The quantitative estimate of drug-likeness (QED) is 0.541. The highest BCUT2D eigenvalue weighted by atomic mass is 16.3. The lowest BCUT2D eigenvalue weighted by Gasteiger charge is -2.35. The van der Waals surface area contributed by atoms with Crippen molar-refractivity contribution in [2.45, 2.75) is 13.2 Å². The largest absolute Gasteiger partial charge is 0.377 e. The molecule has 60 valence electrons. The van der Waals surface area contributed by atoms with Gasteiger partial charge in [0, 0.05) is 19.6 Å². The summed E-state index contributed by atoms with van der Waals surface area (Å²) < 4.78 is 0. The van der Waals surface area contributed by atoms with E-state index in [0.717, 1.165) is 26.2 Å². The molecular formula is C7H16N2O. The molecule has 0 aliphatic carbocycles. The van der Waals surface area contributed by atoms with Gasteiger partial charge in [-0.2, -0.15) is 0 Å². The van der Waals surface area contributed by atoms with Crippen molar-refractivity contribution in [3.8, 4) is 0 Å². The minimum Gasteiger partial charge on any atom is -0.377 e. The van der Waals surface area contributed by atoms with Crippen LogP contribution in [-0.2, 0) is 0 Å². The van der Waals surface area contributed by atoms with Crippen LogP contribution in [0.25, 0.3) is 0 Å². The second-order valence-electron chi connectivity index (χ2n) is 2.85. The van der Waals surface area contributed by atoms with Gasteiger partial charge in [0.1, 0.15) is 6.23 Å². The Morgan fingerprint density at radius 3 is 2.70 bits per heavy atom. The summed E-state index contributed by atoms with van der Waals surface area (Å²) in [7, 11) is 1.96. The maximum Gasteiger partial charge on any atom is 0.120 e. The van der Waals surface area contributed by atoms with E-state index in [0.29, 0.717) is 0 Å². The van der Waals surface area contributed by atoms with Crippen LogP contribution in [0.2, 0.25) is 0 Å². The van der Waals surface area contributed by atoms with Gasteiger partial charge in [-0.15, -0.1) is 0 Å². The Morgan fingerprint density at radius 2 is 2.20 bits per heavy atom. The zero-order valence-electron chi connectivity index (χ0n) is 6.75. The van der Waals surface area contributed by atoms with Crippen LogP contribution < -0.4 is 0 Å². The van der Waals surface area contributed by atoms with Crippen LogP contribution in [0.15, 0.2) is 0 Å². The van der Waals surface area contributed by atoms with Gasteiger partial charge in [-0.25, -0.2) is 0 Å². The van der Waals surface area contributed by atoms with E-state index in [-0.39, 0.29) is 6.23 Å². The molecule has 10 heavy (non-hydrogen) atoms. The van der Waals surface area contributed by atoms with E-state index >= 15 is 0 Å². The normalized spacial score (nSPS) is 30.9. The number of aliphatic hydroxyl groups is 1. The van der Waals surface area contributed by atoms with Crippen LogP contribution in [0.1, 0.15) is 6.92 Å². The molecular weight excluding hydrogens is 128 g/mol. The third kappa shape index (κ3) is 1.68. The minimum absolute atomic E-state index is 0.256. The predicted molar refractivity (Wildman–Crippen MR) is 40.8 cm³/mol. The summed E-state index contributed by atoms with van der Waals surface area (Å²) in [6.07, 6.45) is -0.256. The lowest BCUT2D eigenvalue weighted by Crippen LogP contribution is -2.51. The average Bonchev–Trinajstić information content (AvgIpc) is 1.95. The molecule has 1 fully saturated rings. The summed E-state index contributed by atoms with van der Waals surface area (Å²) >= 11 is 0. The highest BCUT2D eigenvalue weighted by Crippen LogP contribution is 2.03. The molecule has 1 heterocycles.